The fourth-order valence-electron chi connectivity index (χ4n) is 8.58. The van der Waals surface area contributed by atoms with Crippen LogP contribution in [0.25, 0.3) is 10.9 Å². The van der Waals surface area contributed by atoms with Crippen molar-refractivity contribution in [1.82, 2.24) is 20.5 Å². The maximum atomic E-state index is 12.8. The van der Waals surface area contributed by atoms with Crippen molar-refractivity contribution in [3.8, 4) is 11.5 Å². The number of carbonyl (C=O) groups is 2. The number of nitrogens with zero attached hydrogens (tertiary/aromatic N) is 2. The second-order valence-electron chi connectivity index (χ2n) is 15.1. The molecule has 6 N–H and O–H groups in total. The first-order valence-electron chi connectivity index (χ1n) is 19.5. The summed E-state index contributed by atoms with van der Waals surface area (Å²) in [6, 6.07) is 23.8. The molecule has 10 nitrogen and oxygen atoms in total. The van der Waals surface area contributed by atoms with Crippen LogP contribution < -0.4 is 26.0 Å². The molecule has 1 aromatic heterocycles. The third kappa shape index (κ3) is 9.07. The van der Waals surface area contributed by atoms with E-state index in [1.165, 1.54) is 21.6 Å². The van der Waals surface area contributed by atoms with Crippen molar-refractivity contribution in [2.24, 2.45) is 11.7 Å². The number of anilines is 1. The van der Waals surface area contributed by atoms with Crippen LogP contribution in [0.5, 0.6) is 11.5 Å². The Kier molecular flexibility index (Phi) is 13.0. The van der Waals surface area contributed by atoms with E-state index in [1.807, 2.05) is 31.4 Å². The van der Waals surface area contributed by atoms with Crippen molar-refractivity contribution in [2.75, 3.05) is 51.8 Å². The number of H-pyrrole nitrogens is 1. The third-order valence-corrected chi connectivity index (χ3v) is 12.6. The molecular formula is C44H49Cl3N6O4. The van der Waals surface area contributed by atoms with Gasteiger partial charge in [0.15, 0.2) is 12.4 Å². The van der Waals surface area contributed by atoms with Gasteiger partial charge in [0.2, 0.25) is 0 Å². The van der Waals surface area contributed by atoms with Crippen LogP contribution in [0.3, 0.4) is 0 Å². The second kappa shape index (κ2) is 18.1. The van der Waals surface area contributed by atoms with Crippen LogP contribution in [0.2, 0.25) is 15.1 Å². The molecule has 1 aliphatic carbocycles. The van der Waals surface area contributed by atoms with Gasteiger partial charge < -0.3 is 41.0 Å². The van der Waals surface area contributed by atoms with Crippen LogP contribution in [0.15, 0.2) is 79.0 Å². The zero-order valence-corrected chi connectivity index (χ0v) is 34.4. The Hall–Kier alpha value is -4.29. The number of phenolic OH excluding ortho intramolecular Hbond substituents is 1. The first-order chi connectivity index (χ1) is 27.5. The second-order valence-corrected chi connectivity index (χ2v) is 16.4. The fraction of sp³-hybridized carbons (Fsp3) is 0.364. The van der Waals surface area contributed by atoms with Crippen LogP contribution in [0, 0.1) is 5.92 Å². The Balaban J connectivity index is 0.000000136. The number of nitrogens with one attached hydrogen (secondary N) is 3. The molecule has 4 aliphatic heterocycles. The molecule has 10 rings (SSSR count). The van der Waals surface area contributed by atoms with Crippen molar-refractivity contribution in [3.05, 3.63) is 122 Å². The van der Waals surface area contributed by atoms with E-state index < -0.39 is 0 Å². The standard InChI is InChI=1S/C17H17Cl2N.C17H20ClN3O3.C10H12N2O/c1-20-17-9-7-12(13-4-2-3-5-14(13)17)11-6-8-15(18)16(19)10-11;1-20-14-7-11(18)6-12(16(14)24-9-15(20)22)17(23)19-13-8-21-4-2-10(13)3-5-21;11-4-3-7-6-12-10-2-1-8(13)5-9(7)10/h2-6,8,10,12,17,20H,7,9H2,1H3;6-7,10,13H,2-5,8-9H2,1H3,(H,19,23);1-2,5-6,12-13H,3-4,11H2/t12-,17-;;/m0../s1. The summed E-state index contributed by atoms with van der Waals surface area (Å²) in [7, 11) is 3.69. The van der Waals surface area contributed by atoms with Gasteiger partial charge in [0.05, 0.1) is 21.3 Å². The monoisotopic (exact) mass is 830 g/mol. The summed E-state index contributed by atoms with van der Waals surface area (Å²) in [5.41, 5.74) is 12.7. The van der Waals surface area contributed by atoms with E-state index in [-0.39, 0.29) is 24.5 Å². The number of piperidine rings is 3. The lowest BCUT2D eigenvalue weighted by Gasteiger charge is -2.45. The summed E-state index contributed by atoms with van der Waals surface area (Å²) in [5.74, 6) is 1.33. The number of amides is 2. The predicted molar refractivity (Wildman–Crippen MR) is 229 cm³/mol. The Morgan fingerprint density at radius 1 is 0.965 bits per heavy atom. The van der Waals surface area contributed by atoms with Crippen molar-refractivity contribution in [1.29, 1.82) is 0 Å². The lowest BCUT2D eigenvalue weighted by Crippen LogP contribution is -2.57. The van der Waals surface area contributed by atoms with Crippen LogP contribution in [-0.2, 0) is 11.2 Å². The zero-order valence-electron chi connectivity index (χ0n) is 32.2. The molecule has 0 saturated carbocycles. The molecule has 5 heterocycles. The quantitative estimate of drug-likeness (QED) is 0.117. The molecule has 2 amide bonds. The summed E-state index contributed by atoms with van der Waals surface area (Å²) in [6.07, 6.45) is 7.30. The molecule has 57 heavy (non-hydrogen) atoms. The first kappa shape index (κ1) is 40.9. The largest absolute Gasteiger partial charge is 0.508 e. The van der Waals surface area contributed by atoms with Gasteiger partial charge in [-0.2, -0.15) is 0 Å². The van der Waals surface area contributed by atoms with Gasteiger partial charge in [0.25, 0.3) is 11.8 Å². The van der Waals surface area contributed by atoms with Gasteiger partial charge in [-0.05, 0) is 129 Å². The predicted octanol–water partition coefficient (Wildman–Crippen LogP) is 8.07. The number of likely N-dealkylation sites (N-methyl/N-ethyl adjacent to an activating group) is 1. The number of ether oxygens (including phenoxy) is 1. The van der Waals surface area contributed by atoms with Crippen molar-refractivity contribution in [2.45, 2.75) is 50.1 Å². The molecule has 2 bridgehead atoms. The highest BCUT2D eigenvalue weighted by atomic mass is 35.5. The number of nitrogens with two attached hydrogens (primary N) is 1. The van der Waals surface area contributed by atoms with Gasteiger partial charge in [-0.15, -0.1) is 0 Å². The van der Waals surface area contributed by atoms with E-state index in [0.29, 0.717) is 62.2 Å². The number of hydrogen-bond acceptors (Lipinski definition) is 7. The molecule has 1 unspecified atom stereocenters. The highest BCUT2D eigenvalue weighted by Crippen LogP contribution is 2.42. The number of hydrogen-bond donors (Lipinski definition) is 5. The third-order valence-electron chi connectivity index (χ3n) is 11.7. The van der Waals surface area contributed by atoms with Crippen LogP contribution in [0.4, 0.5) is 5.69 Å². The molecule has 300 valence electrons. The molecule has 13 heteroatoms. The van der Waals surface area contributed by atoms with Crippen molar-refractivity contribution in [3.63, 3.8) is 0 Å². The zero-order chi connectivity index (χ0) is 40.2. The van der Waals surface area contributed by atoms with Gasteiger partial charge >= 0.3 is 0 Å². The van der Waals surface area contributed by atoms with E-state index in [4.69, 9.17) is 45.3 Å². The minimum absolute atomic E-state index is 0.0642. The van der Waals surface area contributed by atoms with Gasteiger partial charge in [-0.3, -0.25) is 9.59 Å². The number of rotatable bonds is 6. The molecular weight excluding hydrogens is 783 g/mol. The van der Waals surface area contributed by atoms with Crippen LogP contribution >= 0.6 is 34.8 Å². The molecule has 3 atom stereocenters. The highest BCUT2D eigenvalue weighted by molar-refractivity contribution is 6.42. The average molecular weight is 832 g/mol. The number of fused-ring (bicyclic) bond motifs is 6. The minimum atomic E-state index is -0.185. The smallest absolute Gasteiger partial charge is 0.264 e. The number of aromatic nitrogens is 1. The number of phenols is 1. The lowest BCUT2D eigenvalue weighted by molar-refractivity contribution is -0.121. The number of benzene rings is 4. The van der Waals surface area contributed by atoms with Gasteiger partial charge in [0, 0.05) is 53.7 Å². The number of halogens is 3. The maximum Gasteiger partial charge on any atom is 0.264 e. The molecule has 3 saturated heterocycles. The fourth-order valence-corrected chi connectivity index (χ4v) is 9.10. The van der Waals surface area contributed by atoms with E-state index in [2.05, 4.69) is 50.8 Å². The molecule has 5 aromatic rings. The summed E-state index contributed by atoms with van der Waals surface area (Å²) in [5, 5.41) is 18.6. The van der Waals surface area contributed by atoms with Crippen LogP contribution in [0.1, 0.15) is 70.3 Å². The van der Waals surface area contributed by atoms with E-state index in [0.717, 1.165) is 68.2 Å². The van der Waals surface area contributed by atoms with E-state index >= 15 is 0 Å². The molecule has 0 spiro atoms. The normalized spacial score (nSPS) is 22.0. The first-order valence-corrected chi connectivity index (χ1v) is 20.6. The molecule has 5 aliphatic rings. The lowest BCUT2D eigenvalue weighted by atomic mass is 9.77. The number of aromatic amines is 1. The topological polar surface area (TPSA) is 136 Å². The summed E-state index contributed by atoms with van der Waals surface area (Å²) in [4.78, 5) is 31.6. The Morgan fingerprint density at radius 2 is 1.74 bits per heavy atom. The number of carbonyl (C=O) groups excluding carboxylic acids is 2. The Morgan fingerprint density at radius 3 is 2.44 bits per heavy atom. The average Bonchev–Trinajstić information content (AvgIpc) is 3.62. The van der Waals surface area contributed by atoms with Crippen LogP contribution in [-0.4, -0.2) is 79.7 Å². The number of aromatic hydroxyl groups is 1. The van der Waals surface area contributed by atoms with E-state index in [9.17, 15) is 14.7 Å². The minimum Gasteiger partial charge on any atom is -0.508 e. The van der Waals surface area contributed by atoms with Gasteiger partial charge in [-0.1, -0.05) is 65.1 Å². The Bertz CT molecular complexity index is 2240. The van der Waals surface area contributed by atoms with Crippen molar-refractivity contribution < 1.29 is 19.4 Å². The van der Waals surface area contributed by atoms with Gasteiger partial charge in [0.1, 0.15) is 5.75 Å². The van der Waals surface area contributed by atoms with Gasteiger partial charge in [-0.25, -0.2) is 0 Å². The highest BCUT2D eigenvalue weighted by Gasteiger charge is 2.36. The summed E-state index contributed by atoms with van der Waals surface area (Å²) >= 11 is 18.4. The van der Waals surface area contributed by atoms with Crippen molar-refractivity contribution >= 4 is 63.2 Å². The summed E-state index contributed by atoms with van der Waals surface area (Å²) in [6.45, 7) is 3.71. The maximum absolute atomic E-state index is 12.8. The summed E-state index contributed by atoms with van der Waals surface area (Å²) < 4.78 is 5.54. The molecule has 0 radical (unpaired) electrons. The molecule has 4 aromatic carbocycles. The Labute approximate surface area is 348 Å². The SMILES string of the molecule is CN1C(=O)COc2c(C(=O)NC3CN4CCC3CC4)cc(Cl)cc21.CN[C@H]1CC[C@@H](c2ccc(Cl)c(Cl)c2)c2ccccc21.NCCc1c[nH]c2ccc(O)cc12. The molecule has 3 fully saturated rings. The van der Waals surface area contributed by atoms with E-state index in [1.54, 1.807) is 31.3 Å².